The highest BCUT2D eigenvalue weighted by atomic mass is 16.3. The molecule has 0 amide bonds. The van der Waals surface area contributed by atoms with E-state index in [0.29, 0.717) is 5.92 Å². The maximum Gasteiger partial charge on any atom is 0.0594 e. The lowest BCUT2D eigenvalue weighted by Crippen LogP contribution is -2.23. The Hall–Kier alpha value is -0.0400. The molecule has 74 valence electrons. The summed E-state index contributed by atoms with van der Waals surface area (Å²) >= 11 is 0. The Balaban J connectivity index is 3.83. The van der Waals surface area contributed by atoms with Crippen LogP contribution in [-0.4, -0.2) is 10.7 Å². The summed E-state index contributed by atoms with van der Waals surface area (Å²) < 4.78 is 0. The molecule has 0 aromatic heterocycles. The molecular weight excluding hydrogens is 148 g/mol. The van der Waals surface area contributed by atoms with Gasteiger partial charge in [-0.2, -0.15) is 0 Å². The molecule has 1 heteroatoms. The molecule has 1 atom stereocenters. The van der Waals surface area contributed by atoms with Crippen LogP contribution in [0.3, 0.4) is 0 Å². The Morgan fingerprint density at radius 3 is 2.00 bits per heavy atom. The van der Waals surface area contributed by atoms with Crippen molar-refractivity contribution in [2.24, 2.45) is 11.8 Å². The highest BCUT2D eigenvalue weighted by Gasteiger charge is 2.19. The predicted molar refractivity (Wildman–Crippen MR) is 54.2 cm³/mol. The summed E-state index contributed by atoms with van der Waals surface area (Å²) in [5.41, 5.74) is -0.491. The minimum atomic E-state index is -0.491. The van der Waals surface area contributed by atoms with E-state index < -0.39 is 5.60 Å². The van der Waals surface area contributed by atoms with Crippen LogP contribution < -0.4 is 0 Å². The van der Waals surface area contributed by atoms with Crippen LogP contribution in [0.2, 0.25) is 0 Å². The van der Waals surface area contributed by atoms with Gasteiger partial charge in [0, 0.05) is 0 Å². The van der Waals surface area contributed by atoms with Gasteiger partial charge < -0.3 is 5.11 Å². The Morgan fingerprint density at radius 1 is 1.25 bits per heavy atom. The van der Waals surface area contributed by atoms with Crippen molar-refractivity contribution in [2.75, 3.05) is 0 Å². The third kappa shape index (κ3) is 6.66. The molecular formula is C11H24O. The van der Waals surface area contributed by atoms with E-state index in [0.717, 1.165) is 12.3 Å². The predicted octanol–water partition coefficient (Wildman–Crippen LogP) is 3.22. The molecule has 0 aliphatic carbocycles. The molecule has 1 N–H and O–H groups in total. The topological polar surface area (TPSA) is 20.2 Å². The first-order chi connectivity index (χ1) is 5.35. The van der Waals surface area contributed by atoms with Gasteiger partial charge in [0.2, 0.25) is 0 Å². The fraction of sp³-hybridized carbons (Fsp3) is 1.00. The fourth-order valence-electron chi connectivity index (χ4n) is 1.77. The van der Waals surface area contributed by atoms with Gasteiger partial charge in [-0.05, 0) is 38.5 Å². The van der Waals surface area contributed by atoms with Crippen molar-refractivity contribution < 1.29 is 5.11 Å². The van der Waals surface area contributed by atoms with Crippen LogP contribution in [0.5, 0.6) is 0 Å². The fourth-order valence-corrected chi connectivity index (χ4v) is 1.77. The van der Waals surface area contributed by atoms with Crippen LogP contribution in [0.25, 0.3) is 0 Å². The van der Waals surface area contributed by atoms with Crippen LogP contribution >= 0.6 is 0 Å². The third-order valence-corrected chi connectivity index (χ3v) is 2.17. The Kier molecular flexibility index (Phi) is 4.84. The molecule has 0 saturated carbocycles. The Labute approximate surface area is 77.2 Å². The SMILES string of the molecule is CCC(CC(C)C)CC(C)(C)O. The zero-order chi connectivity index (χ0) is 9.78. The molecule has 1 nitrogen and oxygen atoms in total. The normalized spacial score (nSPS) is 15.2. The van der Waals surface area contributed by atoms with Crippen molar-refractivity contribution in [3.05, 3.63) is 0 Å². The van der Waals surface area contributed by atoms with E-state index in [1.807, 2.05) is 13.8 Å². The molecule has 0 saturated heterocycles. The summed E-state index contributed by atoms with van der Waals surface area (Å²) in [5, 5.41) is 9.63. The third-order valence-electron chi connectivity index (χ3n) is 2.17. The van der Waals surface area contributed by atoms with Gasteiger partial charge in [-0.25, -0.2) is 0 Å². The summed E-state index contributed by atoms with van der Waals surface area (Å²) in [6.45, 7) is 10.5. The van der Waals surface area contributed by atoms with Crippen molar-refractivity contribution in [3.63, 3.8) is 0 Å². The van der Waals surface area contributed by atoms with E-state index >= 15 is 0 Å². The maximum absolute atomic E-state index is 9.63. The van der Waals surface area contributed by atoms with Gasteiger partial charge in [-0.1, -0.05) is 27.2 Å². The number of rotatable bonds is 5. The maximum atomic E-state index is 9.63. The highest BCUT2D eigenvalue weighted by Crippen LogP contribution is 2.24. The van der Waals surface area contributed by atoms with Crippen molar-refractivity contribution in [1.29, 1.82) is 0 Å². The molecule has 0 radical (unpaired) electrons. The van der Waals surface area contributed by atoms with Crippen LogP contribution in [0.1, 0.15) is 53.9 Å². The molecule has 0 spiro atoms. The summed E-state index contributed by atoms with van der Waals surface area (Å²) in [6, 6.07) is 0. The lowest BCUT2D eigenvalue weighted by atomic mass is 9.86. The van der Waals surface area contributed by atoms with Gasteiger partial charge >= 0.3 is 0 Å². The quantitative estimate of drug-likeness (QED) is 0.675. The summed E-state index contributed by atoms with van der Waals surface area (Å²) in [7, 11) is 0. The molecule has 12 heavy (non-hydrogen) atoms. The van der Waals surface area contributed by atoms with E-state index in [2.05, 4.69) is 20.8 Å². The molecule has 0 aromatic carbocycles. The smallest absolute Gasteiger partial charge is 0.0594 e. The molecule has 0 bridgehead atoms. The summed E-state index contributed by atoms with van der Waals surface area (Å²) in [6.07, 6.45) is 3.35. The van der Waals surface area contributed by atoms with E-state index in [9.17, 15) is 5.11 Å². The minimum absolute atomic E-state index is 0.491. The molecule has 0 rings (SSSR count). The molecule has 0 aliphatic heterocycles. The largest absolute Gasteiger partial charge is 0.390 e. The lowest BCUT2D eigenvalue weighted by Gasteiger charge is -2.25. The summed E-state index contributed by atoms with van der Waals surface area (Å²) in [5.74, 6) is 1.43. The minimum Gasteiger partial charge on any atom is -0.390 e. The van der Waals surface area contributed by atoms with Crippen molar-refractivity contribution in [2.45, 2.75) is 59.5 Å². The first-order valence-electron chi connectivity index (χ1n) is 5.07. The van der Waals surface area contributed by atoms with Crippen LogP contribution in [0, 0.1) is 11.8 Å². The zero-order valence-electron chi connectivity index (χ0n) is 9.22. The van der Waals surface area contributed by atoms with Gasteiger partial charge in [-0.3, -0.25) is 0 Å². The second kappa shape index (κ2) is 4.86. The van der Waals surface area contributed by atoms with Gasteiger partial charge in [0.25, 0.3) is 0 Å². The first kappa shape index (κ1) is 12.0. The monoisotopic (exact) mass is 172 g/mol. The summed E-state index contributed by atoms with van der Waals surface area (Å²) in [4.78, 5) is 0. The van der Waals surface area contributed by atoms with Gasteiger partial charge in [0.05, 0.1) is 5.60 Å². The second-order valence-electron chi connectivity index (χ2n) is 4.92. The van der Waals surface area contributed by atoms with Crippen LogP contribution in [0.15, 0.2) is 0 Å². The lowest BCUT2D eigenvalue weighted by molar-refractivity contribution is 0.0482. The molecule has 0 fully saturated rings. The number of aliphatic hydroxyl groups is 1. The molecule has 0 aromatic rings. The zero-order valence-corrected chi connectivity index (χ0v) is 9.22. The van der Waals surface area contributed by atoms with Gasteiger partial charge in [-0.15, -0.1) is 0 Å². The molecule has 0 aliphatic rings. The van der Waals surface area contributed by atoms with E-state index in [-0.39, 0.29) is 0 Å². The van der Waals surface area contributed by atoms with E-state index in [1.165, 1.54) is 12.8 Å². The van der Waals surface area contributed by atoms with Gasteiger partial charge in [0.1, 0.15) is 0 Å². The van der Waals surface area contributed by atoms with Gasteiger partial charge in [0.15, 0.2) is 0 Å². The van der Waals surface area contributed by atoms with E-state index in [1.54, 1.807) is 0 Å². The average molecular weight is 172 g/mol. The average Bonchev–Trinajstić information content (AvgIpc) is 1.82. The Morgan fingerprint density at radius 2 is 1.75 bits per heavy atom. The molecule has 0 heterocycles. The molecule has 1 unspecified atom stereocenters. The highest BCUT2D eigenvalue weighted by molar-refractivity contribution is 4.71. The van der Waals surface area contributed by atoms with Crippen molar-refractivity contribution >= 4 is 0 Å². The van der Waals surface area contributed by atoms with E-state index in [4.69, 9.17) is 0 Å². The standard InChI is InChI=1S/C11H24O/c1-6-10(7-9(2)3)8-11(4,5)12/h9-10,12H,6-8H2,1-5H3. The number of hydrogen-bond acceptors (Lipinski definition) is 1. The second-order valence-corrected chi connectivity index (χ2v) is 4.92. The van der Waals surface area contributed by atoms with Crippen LogP contribution in [0.4, 0.5) is 0 Å². The Bertz CT molecular complexity index is 111. The van der Waals surface area contributed by atoms with Crippen LogP contribution in [-0.2, 0) is 0 Å². The van der Waals surface area contributed by atoms with Crippen molar-refractivity contribution in [1.82, 2.24) is 0 Å². The first-order valence-corrected chi connectivity index (χ1v) is 5.07. The number of hydrogen-bond donors (Lipinski definition) is 1. The van der Waals surface area contributed by atoms with Crippen molar-refractivity contribution in [3.8, 4) is 0 Å².